The number of hydrogen-bond acceptors (Lipinski definition) is 6. The van der Waals surface area contributed by atoms with E-state index in [1.54, 1.807) is 16.8 Å². The summed E-state index contributed by atoms with van der Waals surface area (Å²) in [5, 5.41) is 9.14. The van der Waals surface area contributed by atoms with E-state index >= 15 is 0 Å². The average Bonchev–Trinajstić information content (AvgIpc) is 3.16. The molecule has 0 aliphatic carbocycles. The van der Waals surface area contributed by atoms with Gasteiger partial charge in [-0.15, -0.1) is 11.3 Å². The number of nitrogens with one attached hydrogen (secondary N) is 1. The van der Waals surface area contributed by atoms with Crippen molar-refractivity contribution in [3.05, 3.63) is 23.7 Å². The first kappa shape index (κ1) is 15.2. The SMILES string of the molecule is NNC(=O)C1CN(c2cccc3ncsc23)CC12CN(C(=O)O)C2. The van der Waals surface area contributed by atoms with Crippen molar-refractivity contribution in [3.8, 4) is 0 Å². The van der Waals surface area contributed by atoms with E-state index in [4.69, 9.17) is 10.9 Å². The number of rotatable bonds is 2. The van der Waals surface area contributed by atoms with E-state index in [0.717, 1.165) is 15.9 Å². The minimum absolute atomic E-state index is 0.237. The van der Waals surface area contributed by atoms with Gasteiger partial charge in [-0.1, -0.05) is 6.07 Å². The standard InChI is InChI=1S/C15H17N5O3S/c16-18-13(21)9-4-19(5-15(9)6-20(7-15)14(22)23)11-3-1-2-10-12(11)24-8-17-10/h1-3,8-9H,4-7,16H2,(H,18,21)(H,22,23). The molecule has 4 rings (SSSR count). The van der Waals surface area contributed by atoms with Crippen molar-refractivity contribution >= 4 is 39.2 Å². The molecule has 2 aliphatic heterocycles. The largest absolute Gasteiger partial charge is 0.465 e. The first-order valence-electron chi connectivity index (χ1n) is 7.59. The van der Waals surface area contributed by atoms with Gasteiger partial charge < -0.3 is 14.9 Å². The first-order valence-corrected chi connectivity index (χ1v) is 8.47. The van der Waals surface area contributed by atoms with E-state index in [0.29, 0.717) is 26.2 Å². The Morgan fingerprint density at radius 3 is 2.88 bits per heavy atom. The maximum Gasteiger partial charge on any atom is 0.407 e. The van der Waals surface area contributed by atoms with Crippen LogP contribution in [0.2, 0.25) is 0 Å². The van der Waals surface area contributed by atoms with E-state index in [1.807, 2.05) is 18.2 Å². The molecular formula is C15H17N5O3S. The third kappa shape index (κ3) is 2.12. The molecule has 1 spiro atoms. The Morgan fingerprint density at radius 2 is 2.17 bits per heavy atom. The Labute approximate surface area is 141 Å². The van der Waals surface area contributed by atoms with Crippen LogP contribution < -0.4 is 16.2 Å². The molecule has 126 valence electrons. The Kier molecular flexibility index (Phi) is 3.36. The van der Waals surface area contributed by atoms with Gasteiger partial charge in [-0.25, -0.2) is 15.6 Å². The van der Waals surface area contributed by atoms with Gasteiger partial charge in [-0.2, -0.15) is 0 Å². The summed E-state index contributed by atoms with van der Waals surface area (Å²) in [5.41, 5.74) is 5.63. The van der Waals surface area contributed by atoms with Crippen molar-refractivity contribution in [2.24, 2.45) is 17.2 Å². The minimum Gasteiger partial charge on any atom is -0.465 e. The number of anilines is 1. The van der Waals surface area contributed by atoms with Crippen molar-refractivity contribution in [2.45, 2.75) is 0 Å². The third-order valence-corrected chi connectivity index (χ3v) is 5.93. The summed E-state index contributed by atoms with van der Waals surface area (Å²) < 4.78 is 1.08. The van der Waals surface area contributed by atoms with Gasteiger partial charge in [0.05, 0.1) is 27.3 Å². The predicted molar refractivity (Wildman–Crippen MR) is 89.7 cm³/mol. The molecule has 1 unspecified atom stereocenters. The number of hydrogen-bond donors (Lipinski definition) is 3. The van der Waals surface area contributed by atoms with E-state index < -0.39 is 6.09 Å². The number of carboxylic acid groups (broad SMARTS) is 1. The second-order valence-electron chi connectivity index (χ2n) is 6.42. The van der Waals surface area contributed by atoms with Gasteiger partial charge in [0, 0.05) is 31.6 Å². The zero-order valence-corrected chi connectivity index (χ0v) is 13.6. The topological polar surface area (TPSA) is 112 Å². The number of nitrogens with zero attached hydrogens (tertiary/aromatic N) is 3. The summed E-state index contributed by atoms with van der Waals surface area (Å²) in [6, 6.07) is 5.93. The molecule has 2 fully saturated rings. The summed E-state index contributed by atoms with van der Waals surface area (Å²) in [4.78, 5) is 31.2. The van der Waals surface area contributed by atoms with Crippen LogP contribution in [-0.2, 0) is 4.79 Å². The predicted octanol–water partition coefficient (Wildman–Crippen LogP) is 0.702. The fourth-order valence-corrected chi connectivity index (χ4v) is 4.73. The number of hydrazine groups is 1. The molecular weight excluding hydrogens is 330 g/mol. The lowest BCUT2D eigenvalue weighted by molar-refractivity contribution is -0.131. The maximum absolute atomic E-state index is 12.3. The fourth-order valence-electron chi connectivity index (χ4n) is 3.90. The molecule has 1 aromatic heterocycles. The van der Waals surface area contributed by atoms with Crippen LogP contribution in [0.1, 0.15) is 0 Å². The summed E-state index contributed by atoms with van der Waals surface area (Å²) in [6.07, 6.45) is -0.949. The monoisotopic (exact) mass is 347 g/mol. The van der Waals surface area contributed by atoms with Crippen molar-refractivity contribution in [1.82, 2.24) is 15.3 Å². The van der Waals surface area contributed by atoms with Crippen LogP contribution >= 0.6 is 11.3 Å². The number of thiazole rings is 1. The van der Waals surface area contributed by atoms with Gasteiger partial charge in [-0.05, 0) is 12.1 Å². The molecule has 4 N–H and O–H groups in total. The number of carbonyl (C=O) groups is 2. The Balaban J connectivity index is 1.66. The van der Waals surface area contributed by atoms with Crippen LogP contribution in [0.5, 0.6) is 0 Å². The van der Waals surface area contributed by atoms with Crippen LogP contribution in [0.4, 0.5) is 10.5 Å². The first-order chi connectivity index (χ1) is 11.5. The van der Waals surface area contributed by atoms with Gasteiger partial charge in [0.2, 0.25) is 5.91 Å². The molecule has 2 saturated heterocycles. The van der Waals surface area contributed by atoms with Gasteiger partial charge in [0.25, 0.3) is 0 Å². The Morgan fingerprint density at radius 1 is 1.38 bits per heavy atom. The molecule has 0 saturated carbocycles. The summed E-state index contributed by atoms with van der Waals surface area (Å²) in [7, 11) is 0. The molecule has 1 aromatic carbocycles. The number of aromatic nitrogens is 1. The van der Waals surface area contributed by atoms with E-state index in [2.05, 4.69) is 15.3 Å². The fraction of sp³-hybridized carbons (Fsp3) is 0.400. The van der Waals surface area contributed by atoms with Crippen molar-refractivity contribution in [2.75, 3.05) is 31.1 Å². The van der Waals surface area contributed by atoms with Gasteiger partial charge in [-0.3, -0.25) is 10.2 Å². The Bertz CT molecular complexity index is 816. The zero-order valence-electron chi connectivity index (χ0n) is 12.8. The molecule has 24 heavy (non-hydrogen) atoms. The molecule has 0 radical (unpaired) electrons. The van der Waals surface area contributed by atoms with Gasteiger partial charge in [0.1, 0.15) is 0 Å². The van der Waals surface area contributed by atoms with Crippen LogP contribution in [0.15, 0.2) is 23.7 Å². The highest BCUT2D eigenvalue weighted by Crippen LogP contribution is 2.46. The van der Waals surface area contributed by atoms with Gasteiger partial charge in [0.15, 0.2) is 0 Å². The van der Waals surface area contributed by atoms with Crippen LogP contribution in [0, 0.1) is 11.3 Å². The molecule has 1 atom stereocenters. The minimum atomic E-state index is -0.949. The van der Waals surface area contributed by atoms with Crippen molar-refractivity contribution in [3.63, 3.8) is 0 Å². The number of benzene rings is 1. The second-order valence-corrected chi connectivity index (χ2v) is 7.28. The molecule has 2 aliphatic rings. The second kappa shape index (κ2) is 5.32. The molecule has 2 amide bonds. The van der Waals surface area contributed by atoms with Crippen molar-refractivity contribution in [1.29, 1.82) is 0 Å². The van der Waals surface area contributed by atoms with E-state index in [1.165, 1.54) is 4.90 Å². The highest BCUT2D eigenvalue weighted by atomic mass is 32.1. The lowest BCUT2D eigenvalue weighted by Gasteiger charge is -2.48. The summed E-state index contributed by atoms with van der Waals surface area (Å²) in [6.45, 7) is 1.87. The van der Waals surface area contributed by atoms with Crippen LogP contribution in [0.3, 0.4) is 0 Å². The number of carbonyl (C=O) groups excluding carboxylic acids is 1. The van der Waals surface area contributed by atoms with E-state index in [-0.39, 0.29) is 17.2 Å². The number of likely N-dealkylation sites (tertiary alicyclic amines) is 1. The molecule has 8 nitrogen and oxygen atoms in total. The summed E-state index contributed by atoms with van der Waals surface area (Å²) >= 11 is 1.56. The smallest absolute Gasteiger partial charge is 0.407 e. The number of nitrogens with two attached hydrogens (primary N) is 1. The molecule has 0 bridgehead atoms. The van der Waals surface area contributed by atoms with Crippen LogP contribution in [-0.4, -0.2) is 53.2 Å². The van der Waals surface area contributed by atoms with Crippen LogP contribution in [0.25, 0.3) is 10.2 Å². The zero-order chi connectivity index (χ0) is 16.9. The molecule has 2 aromatic rings. The highest BCUT2D eigenvalue weighted by molar-refractivity contribution is 7.17. The molecule has 3 heterocycles. The Hall–Kier alpha value is -2.39. The quantitative estimate of drug-likeness (QED) is 0.419. The number of fused-ring (bicyclic) bond motifs is 1. The third-order valence-electron chi connectivity index (χ3n) is 5.07. The number of amides is 2. The highest BCUT2D eigenvalue weighted by Gasteiger charge is 2.58. The van der Waals surface area contributed by atoms with E-state index in [9.17, 15) is 9.59 Å². The van der Waals surface area contributed by atoms with Gasteiger partial charge >= 0.3 is 6.09 Å². The van der Waals surface area contributed by atoms with Crippen molar-refractivity contribution < 1.29 is 14.7 Å². The maximum atomic E-state index is 12.3. The lowest BCUT2D eigenvalue weighted by Crippen LogP contribution is -2.64. The lowest BCUT2D eigenvalue weighted by atomic mass is 9.71. The summed E-state index contributed by atoms with van der Waals surface area (Å²) in [5.74, 6) is 4.78. The normalized spacial score (nSPS) is 22.0. The molecule has 9 heteroatoms. The average molecular weight is 347 g/mol.